The van der Waals surface area contributed by atoms with Crippen LogP contribution in [-0.2, 0) is 18.6 Å². The number of hydrogen-bond donors (Lipinski definition) is 1. The first kappa shape index (κ1) is 27.1. The standard InChI is InChI=1S/C29H31FN6O4/c1-29(2,3)36-27(32-33-34-36)26(22-13-19-14-24(38-4)25(39-5)15-23(19)31-28(22)37)35(17-21-7-6-12-40-21)16-18-8-10-20(30)11-9-18/h6-15,26H,16-17H2,1-5H3,(H,31,37). The van der Waals surface area contributed by atoms with Crippen molar-refractivity contribution in [2.45, 2.75) is 45.4 Å². The minimum Gasteiger partial charge on any atom is -0.493 e. The molecular formula is C29H31FN6O4. The van der Waals surface area contributed by atoms with Gasteiger partial charge in [0.1, 0.15) is 17.6 Å². The fourth-order valence-corrected chi connectivity index (χ4v) is 4.76. The van der Waals surface area contributed by atoms with E-state index in [9.17, 15) is 9.18 Å². The summed E-state index contributed by atoms with van der Waals surface area (Å²) in [6, 6.07) is 14.6. The normalized spacial score (nSPS) is 12.7. The van der Waals surface area contributed by atoms with E-state index in [1.165, 1.54) is 12.1 Å². The van der Waals surface area contributed by atoms with E-state index in [2.05, 4.69) is 20.5 Å². The molecule has 1 N–H and O–H groups in total. The number of aromatic amines is 1. The van der Waals surface area contributed by atoms with Gasteiger partial charge in [-0.15, -0.1) is 5.10 Å². The summed E-state index contributed by atoms with van der Waals surface area (Å²) in [7, 11) is 3.10. The fourth-order valence-electron chi connectivity index (χ4n) is 4.76. The molecule has 0 spiro atoms. The largest absolute Gasteiger partial charge is 0.493 e. The number of halogens is 1. The first-order valence-electron chi connectivity index (χ1n) is 12.8. The Balaban J connectivity index is 1.73. The molecule has 0 aliphatic carbocycles. The smallest absolute Gasteiger partial charge is 0.253 e. The van der Waals surface area contributed by atoms with E-state index in [1.807, 2.05) is 49.9 Å². The number of hydrogen-bond acceptors (Lipinski definition) is 8. The van der Waals surface area contributed by atoms with E-state index in [0.717, 1.165) is 10.9 Å². The van der Waals surface area contributed by atoms with Crippen LogP contribution in [0.25, 0.3) is 10.9 Å². The SMILES string of the molecule is COc1cc2cc(C(c3nnnn3C(C)(C)C)N(Cc3ccc(F)cc3)Cc3ccco3)c(=O)[nH]c2cc1OC. The maximum atomic E-state index is 13.8. The van der Waals surface area contributed by atoms with Gasteiger partial charge in [0, 0.05) is 23.6 Å². The van der Waals surface area contributed by atoms with Crippen molar-refractivity contribution in [3.8, 4) is 11.5 Å². The molecule has 1 unspecified atom stereocenters. The van der Waals surface area contributed by atoms with Crippen LogP contribution in [0.1, 0.15) is 49.5 Å². The number of nitrogens with one attached hydrogen (secondary N) is 1. The number of ether oxygens (including phenoxy) is 2. The zero-order chi connectivity index (χ0) is 28.4. The predicted octanol–water partition coefficient (Wildman–Crippen LogP) is 4.81. The van der Waals surface area contributed by atoms with Crippen molar-refractivity contribution < 1.29 is 18.3 Å². The third kappa shape index (κ3) is 5.46. The topological polar surface area (TPSA) is 111 Å². The maximum absolute atomic E-state index is 13.8. The van der Waals surface area contributed by atoms with Crippen LogP contribution in [0.15, 0.2) is 70.1 Å². The Morgan fingerprint density at radius 2 is 1.77 bits per heavy atom. The molecule has 11 heteroatoms. The van der Waals surface area contributed by atoms with Crippen molar-refractivity contribution in [1.82, 2.24) is 30.1 Å². The van der Waals surface area contributed by atoms with Crippen LogP contribution < -0.4 is 15.0 Å². The van der Waals surface area contributed by atoms with Gasteiger partial charge >= 0.3 is 0 Å². The molecule has 0 saturated heterocycles. The van der Waals surface area contributed by atoms with Gasteiger partial charge in [0.05, 0.1) is 38.1 Å². The third-order valence-corrected chi connectivity index (χ3v) is 6.65. The van der Waals surface area contributed by atoms with Gasteiger partial charge in [-0.1, -0.05) is 12.1 Å². The molecule has 0 amide bonds. The number of aromatic nitrogens is 5. The summed E-state index contributed by atoms with van der Waals surface area (Å²) in [5.74, 6) is 1.87. The van der Waals surface area contributed by atoms with E-state index >= 15 is 0 Å². The van der Waals surface area contributed by atoms with E-state index in [0.29, 0.717) is 47.3 Å². The molecule has 0 radical (unpaired) electrons. The van der Waals surface area contributed by atoms with Crippen molar-refractivity contribution in [3.63, 3.8) is 0 Å². The van der Waals surface area contributed by atoms with Crippen LogP contribution in [0.5, 0.6) is 11.5 Å². The highest BCUT2D eigenvalue weighted by Crippen LogP contribution is 2.35. The van der Waals surface area contributed by atoms with Crippen LogP contribution in [0, 0.1) is 5.82 Å². The van der Waals surface area contributed by atoms with Crippen molar-refractivity contribution >= 4 is 10.9 Å². The van der Waals surface area contributed by atoms with Crippen LogP contribution in [0.2, 0.25) is 0 Å². The Morgan fingerprint density at radius 1 is 1.05 bits per heavy atom. The highest BCUT2D eigenvalue weighted by Gasteiger charge is 2.34. The summed E-state index contributed by atoms with van der Waals surface area (Å²) in [5.41, 5.74) is 1.07. The van der Waals surface area contributed by atoms with Crippen molar-refractivity contribution in [2.75, 3.05) is 14.2 Å². The van der Waals surface area contributed by atoms with Gasteiger partial charge in [-0.3, -0.25) is 9.69 Å². The summed E-state index contributed by atoms with van der Waals surface area (Å²) >= 11 is 0. The van der Waals surface area contributed by atoms with Gasteiger partial charge in [-0.2, -0.15) is 0 Å². The number of nitrogens with zero attached hydrogens (tertiary/aromatic N) is 5. The zero-order valence-electron chi connectivity index (χ0n) is 23.0. The molecule has 5 aromatic rings. The zero-order valence-corrected chi connectivity index (χ0v) is 23.0. The molecule has 1 atom stereocenters. The second-order valence-corrected chi connectivity index (χ2v) is 10.5. The van der Waals surface area contributed by atoms with Gasteiger partial charge < -0.3 is 18.9 Å². The number of furan rings is 1. The fraction of sp³-hybridized carbons (Fsp3) is 0.310. The lowest BCUT2D eigenvalue weighted by Gasteiger charge is -2.32. The van der Waals surface area contributed by atoms with Gasteiger partial charge in [-0.05, 0) is 73.2 Å². The average Bonchev–Trinajstić information content (AvgIpc) is 3.62. The Bertz CT molecular complexity index is 1660. The summed E-state index contributed by atoms with van der Waals surface area (Å²) in [6.07, 6.45) is 1.60. The Morgan fingerprint density at radius 3 is 2.42 bits per heavy atom. The molecule has 0 aliphatic heterocycles. The number of tetrazole rings is 1. The molecule has 5 rings (SSSR count). The van der Waals surface area contributed by atoms with E-state index in [4.69, 9.17) is 13.9 Å². The first-order valence-corrected chi connectivity index (χ1v) is 12.8. The van der Waals surface area contributed by atoms with E-state index in [-0.39, 0.29) is 11.4 Å². The second kappa shape index (κ2) is 10.9. The predicted molar refractivity (Wildman–Crippen MR) is 147 cm³/mol. The number of pyridine rings is 1. The number of methoxy groups -OCH3 is 2. The molecule has 208 valence electrons. The monoisotopic (exact) mass is 546 g/mol. The molecule has 0 fully saturated rings. The quantitative estimate of drug-likeness (QED) is 0.280. The summed E-state index contributed by atoms with van der Waals surface area (Å²) in [5, 5.41) is 13.4. The van der Waals surface area contributed by atoms with Crippen LogP contribution >= 0.6 is 0 Å². The molecule has 0 aliphatic rings. The highest BCUT2D eigenvalue weighted by atomic mass is 19.1. The van der Waals surface area contributed by atoms with Gasteiger partial charge in [0.15, 0.2) is 17.3 Å². The highest BCUT2D eigenvalue weighted by molar-refractivity contribution is 5.83. The number of benzene rings is 2. The first-order chi connectivity index (χ1) is 19.2. The van der Waals surface area contributed by atoms with Crippen molar-refractivity contribution in [1.29, 1.82) is 0 Å². The van der Waals surface area contributed by atoms with Crippen LogP contribution in [0.4, 0.5) is 4.39 Å². The lowest BCUT2D eigenvalue weighted by Crippen LogP contribution is -2.37. The molecule has 40 heavy (non-hydrogen) atoms. The van der Waals surface area contributed by atoms with Gasteiger partial charge in [0.25, 0.3) is 5.56 Å². The molecule has 3 heterocycles. The van der Waals surface area contributed by atoms with Gasteiger partial charge in [-0.25, -0.2) is 9.07 Å². The lowest BCUT2D eigenvalue weighted by atomic mass is 10.0. The molecular weight excluding hydrogens is 515 g/mol. The van der Waals surface area contributed by atoms with Crippen LogP contribution in [-0.4, -0.2) is 44.3 Å². The Labute approximate surface area is 230 Å². The van der Waals surface area contributed by atoms with Crippen molar-refractivity contribution in [3.05, 3.63) is 99.7 Å². The van der Waals surface area contributed by atoms with Gasteiger partial charge in [0.2, 0.25) is 0 Å². The molecule has 10 nitrogen and oxygen atoms in total. The molecule has 3 aromatic heterocycles. The summed E-state index contributed by atoms with van der Waals surface area (Å²) in [6.45, 7) is 6.65. The third-order valence-electron chi connectivity index (χ3n) is 6.65. The van der Waals surface area contributed by atoms with Crippen molar-refractivity contribution in [2.24, 2.45) is 0 Å². The van der Waals surface area contributed by atoms with E-state index < -0.39 is 11.6 Å². The number of fused-ring (bicyclic) bond motifs is 1. The number of rotatable bonds is 9. The minimum atomic E-state index is -0.703. The molecule has 0 saturated carbocycles. The molecule has 0 bridgehead atoms. The Hall–Kier alpha value is -4.51. The Kier molecular flexibility index (Phi) is 7.40. The second-order valence-electron chi connectivity index (χ2n) is 10.5. The molecule has 2 aromatic carbocycles. The summed E-state index contributed by atoms with van der Waals surface area (Å²) < 4.78 is 32.1. The maximum Gasteiger partial charge on any atom is 0.253 e. The average molecular weight is 547 g/mol. The minimum absolute atomic E-state index is 0.309. The summed E-state index contributed by atoms with van der Waals surface area (Å²) in [4.78, 5) is 18.8. The van der Waals surface area contributed by atoms with Crippen LogP contribution in [0.3, 0.4) is 0 Å². The lowest BCUT2D eigenvalue weighted by molar-refractivity contribution is 0.171. The number of H-pyrrole nitrogens is 1. The van der Waals surface area contributed by atoms with E-state index in [1.54, 1.807) is 43.4 Å².